The predicted octanol–water partition coefficient (Wildman–Crippen LogP) is 4.48. The molecule has 0 aliphatic rings. The van der Waals surface area contributed by atoms with E-state index in [4.69, 9.17) is 0 Å². The summed E-state index contributed by atoms with van der Waals surface area (Å²) < 4.78 is 0. The molecule has 1 aromatic rings. The summed E-state index contributed by atoms with van der Waals surface area (Å²) in [6.45, 7) is 5.41. The lowest BCUT2D eigenvalue weighted by Crippen LogP contribution is -2.12. The number of aryl methyl sites for hydroxylation is 1. The smallest absolute Gasteiger partial charge is 0.0802 e. The molecular formula is C19H33NO. The molecule has 0 saturated carbocycles. The SMILES string of the molecule is CCCC(CCC)CCc1cccc(C(O)CCNC)c1. The van der Waals surface area contributed by atoms with Gasteiger partial charge in [0.05, 0.1) is 6.10 Å². The molecule has 0 heterocycles. The summed E-state index contributed by atoms with van der Waals surface area (Å²) in [5, 5.41) is 13.3. The van der Waals surface area contributed by atoms with Crippen LogP contribution >= 0.6 is 0 Å². The second-order valence-corrected chi connectivity index (χ2v) is 6.14. The van der Waals surface area contributed by atoms with E-state index in [1.165, 1.54) is 37.7 Å². The van der Waals surface area contributed by atoms with Crippen LogP contribution < -0.4 is 5.32 Å². The lowest BCUT2D eigenvalue weighted by Gasteiger charge is -2.16. The standard InChI is InChI=1S/C19H33NO/c1-4-7-16(8-5-2)11-12-17-9-6-10-18(15-17)19(21)13-14-20-3/h6,9-10,15-16,19-21H,4-5,7-8,11-14H2,1-3H3. The summed E-state index contributed by atoms with van der Waals surface area (Å²) >= 11 is 0. The van der Waals surface area contributed by atoms with E-state index in [0.29, 0.717) is 0 Å². The highest BCUT2D eigenvalue weighted by atomic mass is 16.3. The van der Waals surface area contributed by atoms with Crippen molar-refractivity contribution in [1.29, 1.82) is 0 Å². The van der Waals surface area contributed by atoms with E-state index in [0.717, 1.165) is 30.9 Å². The summed E-state index contributed by atoms with van der Waals surface area (Å²) in [7, 11) is 1.92. The van der Waals surface area contributed by atoms with Crippen LogP contribution in [0.15, 0.2) is 24.3 Å². The summed E-state index contributed by atoms with van der Waals surface area (Å²) in [6.07, 6.45) is 8.10. The van der Waals surface area contributed by atoms with Crippen LogP contribution in [0.5, 0.6) is 0 Å². The molecule has 0 aliphatic heterocycles. The third-order valence-electron chi connectivity index (χ3n) is 4.24. The average molecular weight is 291 g/mol. The summed E-state index contributed by atoms with van der Waals surface area (Å²) in [6, 6.07) is 8.51. The molecule has 0 radical (unpaired) electrons. The van der Waals surface area contributed by atoms with Gasteiger partial charge in [-0.15, -0.1) is 0 Å². The first-order chi connectivity index (χ1) is 10.2. The van der Waals surface area contributed by atoms with Crippen LogP contribution in [0.25, 0.3) is 0 Å². The van der Waals surface area contributed by atoms with Crippen molar-refractivity contribution in [2.24, 2.45) is 5.92 Å². The highest BCUT2D eigenvalue weighted by Crippen LogP contribution is 2.22. The van der Waals surface area contributed by atoms with E-state index in [1.54, 1.807) is 0 Å². The van der Waals surface area contributed by atoms with Gasteiger partial charge in [0.1, 0.15) is 0 Å². The molecule has 0 aliphatic carbocycles. The molecule has 0 aromatic heterocycles. The second-order valence-electron chi connectivity index (χ2n) is 6.14. The van der Waals surface area contributed by atoms with Crippen LogP contribution in [-0.2, 0) is 6.42 Å². The molecule has 0 amide bonds. The highest BCUT2D eigenvalue weighted by Gasteiger charge is 2.10. The lowest BCUT2D eigenvalue weighted by atomic mass is 9.91. The van der Waals surface area contributed by atoms with E-state index in [2.05, 4.69) is 37.4 Å². The Labute approximate surface area is 131 Å². The van der Waals surface area contributed by atoms with Crippen molar-refractivity contribution in [2.75, 3.05) is 13.6 Å². The fourth-order valence-corrected chi connectivity index (χ4v) is 3.02. The van der Waals surface area contributed by atoms with E-state index < -0.39 is 0 Å². The molecule has 0 fully saturated rings. The Kier molecular flexibility index (Phi) is 9.36. The Balaban J connectivity index is 2.55. The van der Waals surface area contributed by atoms with Crippen molar-refractivity contribution < 1.29 is 5.11 Å². The van der Waals surface area contributed by atoms with E-state index in [-0.39, 0.29) is 6.10 Å². The van der Waals surface area contributed by atoms with Crippen molar-refractivity contribution in [3.05, 3.63) is 35.4 Å². The van der Waals surface area contributed by atoms with Gasteiger partial charge in [0.25, 0.3) is 0 Å². The predicted molar refractivity (Wildman–Crippen MR) is 91.6 cm³/mol. The monoisotopic (exact) mass is 291 g/mol. The van der Waals surface area contributed by atoms with Gasteiger partial charge in [0, 0.05) is 0 Å². The highest BCUT2D eigenvalue weighted by molar-refractivity contribution is 5.25. The zero-order valence-corrected chi connectivity index (χ0v) is 14.1. The number of rotatable bonds is 11. The minimum atomic E-state index is -0.348. The Morgan fingerprint density at radius 2 is 1.76 bits per heavy atom. The molecule has 2 nitrogen and oxygen atoms in total. The van der Waals surface area contributed by atoms with Gasteiger partial charge >= 0.3 is 0 Å². The van der Waals surface area contributed by atoms with Gasteiger partial charge in [-0.1, -0.05) is 63.8 Å². The van der Waals surface area contributed by atoms with E-state index in [9.17, 15) is 5.11 Å². The number of nitrogens with one attached hydrogen (secondary N) is 1. The molecule has 120 valence electrons. The van der Waals surface area contributed by atoms with Gasteiger partial charge in [0.2, 0.25) is 0 Å². The fourth-order valence-electron chi connectivity index (χ4n) is 3.02. The van der Waals surface area contributed by atoms with Gasteiger partial charge in [-0.2, -0.15) is 0 Å². The topological polar surface area (TPSA) is 32.3 Å². The molecule has 2 heteroatoms. The minimum absolute atomic E-state index is 0.348. The number of hydrogen-bond donors (Lipinski definition) is 2. The first kappa shape index (κ1) is 18.2. The van der Waals surface area contributed by atoms with Gasteiger partial charge in [-0.25, -0.2) is 0 Å². The van der Waals surface area contributed by atoms with Crippen molar-refractivity contribution in [3.63, 3.8) is 0 Å². The zero-order chi connectivity index (χ0) is 15.5. The van der Waals surface area contributed by atoms with Crippen LogP contribution in [0.3, 0.4) is 0 Å². The Bertz CT molecular complexity index is 372. The molecule has 1 unspecified atom stereocenters. The number of aliphatic hydroxyl groups excluding tert-OH is 1. The molecule has 2 N–H and O–H groups in total. The number of hydrogen-bond acceptors (Lipinski definition) is 2. The average Bonchev–Trinajstić information content (AvgIpc) is 2.51. The van der Waals surface area contributed by atoms with Crippen LogP contribution in [0.4, 0.5) is 0 Å². The van der Waals surface area contributed by atoms with Crippen molar-refractivity contribution in [3.8, 4) is 0 Å². The van der Waals surface area contributed by atoms with Crippen LogP contribution in [0.1, 0.15) is 69.6 Å². The van der Waals surface area contributed by atoms with E-state index in [1.807, 2.05) is 13.1 Å². The van der Waals surface area contributed by atoms with E-state index >= 15 is 0 Å². The summed E-state index contributed by atoms with van der Waals surface area (Å²) in [4.78, 5) is 0. The Morgan fingerprint density at radius 1 is 1.05 bits per heavy atom. The van der Waals surface area contributed by atoms with Crippen LogP contribution in [-0.4, -0.2) is 18.7 Å². The van der Waals surface area contributed by atoms with Crippen LogP contribution in [0, 0.1) is 5.92 Å². The normalized spacial score (nSPS) is 12.8. The van der Waals surface area contributed by atoms with Crippen molar-refractivity contribution in [2.45, 2.75) is 64.9 Å². The second kappa shape index (κ2) is 10.8. The lowest BCUT2D eigenvalue weighted by molar-refractivity contribution is 0.167. The Hall–Kier alpha value is -0.860. The maximum atomic E-state index is 10.2. The third-order valence-corrected chi connectivity index (χ3v) is 4.24. The molecule has 1 atom stereocenters. The number of benzene rings is 1. The molecule has 0 spiro atoms. The maximum absolute atomic E-state index is 10.2. The maximum Gasteiger partial charge on any atom is 0.0802 e. The zero-order valence-electron chi connectivity index (χ0n) is 14.1. The molecule has 0 bridgehead atoms. The Morgan fingerprint density at radius 3 is 2.38 bits per heavy atom. The first-order valence-electron chi connectivity index (χ1n) is 8.62. The van der Waals surface area contributed by atoms with Gasteiger partial charge in [0.15, 0.2) is 0 Å². The quantitative estimate of drug-likeness (QED) is 0.630. The van der Waals surface area contributed by atoms with Crippen molar-refractivity contribution in [1.82, 2.24) is 5.32 Å². The summed E-state index contributed by atoms with van der Waals surface area (Å²) in [5.41, 5.74) is 2.43. The van der Waals surface area contributed by atoms with Gasteiger partial charge in [-0.3, -0.25) is 0 Å². The van der Waals surface area contributed by atoms with Crippen molar-refractivity contribution >= 4 is 0 Å². The molecule has 1 aromatic carbocycles. The fraction of sp³-hybridized carbons (Fsp3) is 0.684. The minimum Gasteiger partial charge on any atom is -0.388 e. The molecule has 21 heavy (non-hydrogen) atoms. The molecular weight excluding hydrogens is 258 g/mol. The third kappa shape index (κ3) is 7.10. The first-order valence-corrected chi connectivity index (χ1v) is 8.62. The summed E-state index contributed by atoms with van der Waals surface area (Å²) in [5.74, 6) is 0.859. The number of aliphatic hydroxyl groups is 1. The van der Waals surface area contributed by atoms with Gasteiger partial charge < -0.3 is 10.4 Å². The molecule has 0 saturated heterocycles. The van der Waals surface area contributed by atoms with Gasteiger partial charge in [-0.05, 0) is 49.9 Å². The molecule has 1 rings (SSSR count). The largest absolute Gasteiger partial charge is 0.388 e. The van der Waals surface area contributed by atoms with Crippen LogP contribution in [0.2, 0.25) is 0 Å².